The van der Waals surface area contributed by atoms with Crippen molar-refractivity contribution >= 4 is 33.2 Å². The Labute approximate surface area is 154 Å². The lowest BCUT2D eigenvalue weighted by Crippen LogP contribution is -2.28. The third-order valence-corrected chi connectivity index (χ3v) is 5.49. The fourth-order valence-corrected chi connectivity index (χ4v) is 3.69. The highest BCUT2D eigenvalue weighted by molar-refractivity contribution is 7.89. The van der Waals surface area contributed by atoms with Gasteiger partial charge in [-0.3, -0.25) is 4.79 Å². The van der Waals surface area contributed by atoms with Crippen LogP contribution in [-0.2, 0) is 26.1 Å². The number of benzene rings is 1. The van der Waals surface area contributed by atoms with E-state index in [9.17, 15) is 18.0 Å². The minimum atomic E-state index is -3.66. The third kappa shape index (κ3) is 6.23. The van der Waals surface area contributed by atoms with Crippen molar-refractivity contribution < 1.29 is 27.9 Å². The number of aliphatic carboxylic acids is 1. The minimum Gasteiger partial charge on any atom is -0.480 e. The van der Waals surface area contributed by atoms with Crippen molar-refractivity contribution in [1.82, 2.24) is 10.0 Å². The van der Waals surface area contributed by atoms with Gasteiger partial charge in [0.05, 0.1) is 11.5 Å². The third-order valence-electron chi connectivity index (χ3n) is 3.20. The number of ether oxygens (including phenoxy) is 1. The van der Waals surface area contributed by atoms with Crippen molar-refractivity contribution in [2.45, 2.75) is 11.4 Å². The number of hydrogen-bond donors (Lipinski definition) is 3. The Morgan fingerprint density at radius 2 is 1.88 bits per heavy atom. The molecule has 10 heteroatoms. The van der Waals surface area contributed by atoms with Crippen LogP contribution in [0.4, 0.5) is 0 Å². The normalized spacial score (nSPS) is 11.2. The van der Waals surface area contributed by atoms with Crippen LogP contribution in [0.25, 0.3) is 0 Å². The largest absolute Gasteiger partial charge is 0.480 e. The van der Waals surface area contributed by atoms with Crippen LogP contribution in [0.3, 0.4) is 0 Å². The molecule has 0 spiro atoms. The average molecular weight is 398 g/mol. The molecule has 1 aromatic carbocycles. The molecule has 0 unspecified atom stereocenters. The molecule has 0 bridgehead atoms. The predicted molar refractivity (Wildman–Crippen MR) is 95.6 cm³/mol. The molecule has 1 aromatic heterocycles. The van der Waals surface area contributed by atoms with Crippen molar-refractivity contribution in [3.63, 3.8) is 0 Å². The monoisotopic (exact) mass is 398 g/mol. The number of carboxylic acids is 1. The van der Waals surface area contributed by atoms with Crippen molar-refractivity contribution in [3.8, 4) is 0 Å². The van der Waals surface area contributed by atoms with Crippen LogP contribution in [-0.4, -0.2) is 45.2 Å². The van der Waals surface area contributed by atoms with Gasteiger partial charge in [-0.15, -0.1) is 11.3 Å². The number of carbonyl (C=O) groups excluding carboxylic acids is 1. The molecule has 0 aliphatic rings. The van der Waals surface area contributed by atoms with Gasteiger partial charge in [0.1, 0.15) is 6.61 Å². The summed E-state index contributed by atoms with van der Waals surface area (Å²) in [6, 6.07) is 9.20. The van der Waals surface area contributed by atoms with Crippen LogP contribution in [0.2, 0.25) is 0 Å². The van der Waals surface area contributed by atoms with Crippen molar-refractivity contribution in [2.75, 3.05) is 19.8 Å². The zero-order valence-corrected chi connectivity index (χ0v) is 15.3. The van der Waals surface area contributed by atoms with E-state index < -0.39 is 28.5 Å². The molecular weight excluding hydrogens is 380 g/mol. The molecule has 2 aromatic rings. The van der Waals surface area contributed by atoms with Gasteiger partial charge in [-0.1, -0.05) is 6.07 Å². The minimum absolute atomic E-state index is 0.0652. The molecule has 8 nitrogen and oxygen atoms in total. The Balaban J connectivity index is 1.86. The lowest BCUT2D eigenvalue weighted by atomic mass is 10.2. The van der Waals surface area contributed by atoms with Gasteiger partial charge in [-0.25, -0.2) is 17.9 Å². The number of carboxylic acid groups (broad SMARTS) is 1. The molecule has 1 amide bonds. The fourth-order valence-electron chi connectivity index (χ4n) is 1.95. The van der Waals surface area contributed by atoms with Crippen molar-refractivity contribution in [1.29, 1.82) is 0 Å². The van der Waals surface area contributed by atoms with Crippen LogP contribution < -0.4 is 10.0 Å². The van der Waals surface area contributed by atoms with E-state index >= 15 is 0 Å². The van der Waals surface area contributed by atoms with Crippen molar-refractivity contribution in [2.24, 2.45) is 0 Å². The second-order valence-corrected chi connectivity index (χ2v) is 7.93. The summed E-state index contributed by atoms with van der Waals surface area (Å²) in [6.45, 7) is -0.00877. The van der Waals surface area contributed by atoms with Gasteiger partial charge in [0, 0.05) is 23.5 Å². The smallest absolute Gasteiger partial charge is 0.329 e. The number of thiophene rings is 1. The highest BCUT2D eigenvalue weighted by atomic mass is 32.2. The van der Waals surface area contributed by atoms with Gasteiger partial charge in [-0.05, 0) is 35.7 Å². The molecule has 0 aliphatic carbocycles. The molecule has 3 N–H and O–H groups in total. The molecule has 0 fully saturated rings. The van der Waals surface area contributed by atoms with Gasteiger partial charge in [0.15, 0.2) is 0 Å². The Bertz CT molecular complexity index is 832. The summed E-state index contributed by atoms with van der Waals surface area (Å²) in [4.78, 5) is 23.2. The molecule has 140 valence electrons. The number of sulfonamides is 1. The Morgan fingerprint density at radius 1 is 1.15 bits per heavy atom. The van der Waals surface area contributed by atoms with Crippen LogP contribution in [0.15, 0.2) is 46.7 Å². The SMILES string of the molecule is O=C(O)COCCNC(=O)c1ccc(S(=O)(=O)NCc2cccs2)cc1. The Morgan fingerprint density at radius 3 is 2.50 bits per heavy atom. The summed E-state index contributed by atoms with van der Waals surface area (Å²) in [6.07, 6.45) is 0. The first kappa shape index (κ1) is 20.0. The van der Waals surface area contributed by atoms with Crippen LogP contribution in [0.5, 0.6) is 0 Å². The van der Waals surface area contributed by atoms with E-state index in [1.165, 1.54) is 35.6 Å². The van der Waals surface area contributed by atoms with E-state index in [2.05, 4.69) is 10.0 Å². The molecule has 0 radical (unpaired) electrons. The van der Waals surface area contributed by atoms with Gasteiger partial charge in [0.25, 0.3) is 5.91 Å². The standard InChI is InChI=1S/C16H18N2O6S2/c19-15(20)11-24-8-7-17-16(21)12-3-5-14(6-4-12)26(22,23)18-10-13-2-1-9-25-13/h1-6,9,18H,7-8,10-11H2,(H,17,21)(H,19,20). The van der Waals surface area contributed by atoms with E-state index in [1.54, 1.807) is 0 Å². The number of hydrogen-bond acceptors (Lipinski definition) is 6. The fraction of sp³-hybridized carbons (Fsp3) is 0.250. The first-order valence-electron chi connectivity index (χ1n) is 7.58. The van der Waals surface area contributed by atoms with E-state index in [0.717, 1.165) is 4.88 Å². The highest BCUT2D eigenvalue weighted by Gasteiger charge is 2.15. The molecule has 0 aliphatic heterocycles. The summed E-state index contributed by atoms with van der Waals surface area (Å²) >= 11 is 1.46. The second-order valence-electron chi connectivity index (χ2n) is 5.13. The quantitative estimate of drug-likeness (QED) is 0.515. The van der Waals surface area contributed by atoms with Crippen molar-refractivity contribution in [3.05, 3.63) is 52.2 Å². The van der Waals surface area contributed by atoms with E-state index in [1.807, 2.05) is 17.5 Å². The second kappa shape index (κ2) is 9.43. The molecular formula is C16H18N2O6S2. The topological polar surface area (TPSA) is 122 Å². The Kier molecular flexibility index (Phi) is 7.27. The van der Waals surface area contributed by atoms with E-state index in [-0.39, 0.29) is 24.6 Å². The van der Waals surface area contributed by atoms with Gasteiger partial charge in [0.2, 0.25) is 10.0 Å². The Hall–Kier alpha value is -2.27. The summed E-state index contributed by atoms with van der Waals surface area (Å²) in [5.41, 5.74) is 0.292. The summed E-state index contributed by atoms with van der Waals surface area (Å²) in [5.74, 6) is -1.49. The zero-order valence-electron chi connectivity index (χ0n) is 13.7. The number of rotatable bonds is 10. The maximum absolute atomic E-state index is 12.2. The number of amides is 1. The first-order valence-corrected chi connectivity index (χ1v) is 9.94. The lowest BCUT2D eigenvalue weighted by molar-refractivity contribution is -0.142. The highest BCUT2D eigenvalue weighted by Crippen LogP contribution is 2.13. The first-order chi connectivity index (χ1) is 12.4. The molecule has 2 rings (SSSR count). The average Bonchev–Trinajstić information content (AvgIpc) is 3.13. The summed E-state index contributed by atoms with van der Waals surface area (Å²) < 4.78 is 31.8. The van der Waals surface area contributed by atoms with Gasteiger partial charge >= 0.3 is 5.97 Å². The summed E-state index contributed by atoms with van der Waals surface area (Å²) in [7, 11) is -3.66. The number of carbonyl (C=O) groups is 2. The molecule has 0 saturated heterocycles. The zero-order chi connectivity index (χ0) is 19.0. The molecule has 0 atom stereocenters. The molecule has 26 heavy (non-hydrogen) atoms. The van der Waals surface area contributed by atoms with Crippen LogP contribution in [0, 0.1) is 0 Å². The molecule has 0 saturated carbocycles. The molecule has 1 heterocycles. The lowest BCUT2D eigenvalue weighted by Gasteiger charge is -2.08. The van der Waals surface area contributed by atoms with Gasteiger partial charge in [-0.2, -0.15) is 0 Å². The van der Waals surface area contributed by atoms with Crippen LogP contribution >= 0.6 is 11.3 Å². The van der Waals surface area contributed by atoms with Crippen LogP contribution in [0.1, 0.15) is 15.2 Å². The maximum atomic E-state index is 12.2. The van der Waals surface area contributed by atoms with Gasteiger partial charge < -0.3 is 15.2 Å². The van der Waals surface area contributed by atoms with E-state index in [0.29, 0.717) is 5.56 Å². The predicted octanol–water partition coefficient (Wildman–Crippen LogP) is 1.06. The maximum Gasteiger partial charge on any atom is 0.329 e. The van der Waals surface area contributed by atoms with E-state index in [4.69, 9.17) is 9.84 Å². The summed E-state index contributed by atoms with van der Waals surface area (Å²) in [5, 5.41) is 12.8. The number of nitrogens with one attached hydrogen (secondary N) is 2.